The molecule has 1 N–H and O–H groups in total. The van der Waals surface area contributed by atoms with E-state index >= 15 is 0 Å². The average molecular weight is 359 g/mol. The highest BCUT2D eigenvalue weighted by Gasteiger charge is 2.11. The number of amides is 1. The van der Waals surface area contributed by atoms with Gasteiger partial charge in [-0.15, -0.1) is 10.2 Å². The Balaban J connectivity index is 1.40. The lowest BCUT2D eigenvalue weighted by molar-refractivity contribution is 0.0953. The van der Waals surface area contributed by atoms with Crippen LogP contribution in [0.1, 0.15) is 16.1 Å². The van der Waals surface area contributed by atoms with Crippen molar-refractivity contribution < 1.29 is 13.6 Å². The van der Waals surface area contributed by atoms with Gasteiger partial charge in [-0.2, -0.15) is 0 Å². The van der Waals surface area contributed by atoms with Crippen LogP contribution in [-0.4, -0.2) is 22.6 Å². The molecule has 0 spiro atoms. The number of furan rings is 1. The van der Waals surface area contributed by atoms with Crippen LogP contribution in [0.25, 0.3) is 22.9 Å². The molecule has 0 atom stereocenters. The van der Waals surface area contributed by atoms with Crippen molar-refractivity contribution in [2.75, 3.05) is 6.54 Å². The standard InChI is InChI=1S/C21H17N3O3/c25-19(22-13-12-18-7-4-14-26-18)15-8-10-17(11-9-15)21-24-23-20(27-21)16-5-2-1-3-6-16/h1-11,14H,12-13H2,(H,22,25). The lowest BCUT2D eigenvalue weighted by Crippen LogP contribution is -2.25. The summed E-state index contributed by atoms with van der Waals surface area (Å²) in [5.74, 6) is 1.59. The van der Waals surface area contributed by atoms with Crippen LogP contribution in [0.4, 0.5) is 0 Å². The van der Waals surface area contributed by atoms with E-state index in [0.29, 0.717) is 30.3 Å². The Morgan fingerprint density at radius 3 is 2.22 bits per heavy atom. The summed E-state index contributed by atoms with van der Waals surface area (Å²) in [7, 11) is 0. The van der Waals surface area contributed by atoms with Crippen molar-refractivity contribution in [3.63, 3.8) is 0 Å². The van der Waals surface area contributed by atoms with Gasteiger partial charge in [0.05, 0.1) is 6.26 Å². The lowest BCUT2D eigenvalue weighted by atomic mass is 10.1. The maximum atomic E-state index is 12.2. The molecule has 27 heavy (non-hydrogen) atoms. The first-order chi connectivity index (χ1) is 13.3. The van der Waals surface area contributed by atoms with Crippen LogP contribution in [0.5, 0.6) is 0 Å². The van der Waals surface area contributed by atoms with Crippen LogP contribution in [0.2, 0.25) is 0 Å². The molecule has 0 unspecified atom stereocenters. The number of rotatable bonds is 6. The minimum Gasteiger partial charge on any atom is -0.469 e. The molecule has 0 aliphatic rings. The fraction of sp³-hybridized carbons (Fsp3) is 0.0952. The summed E-state index contributed by atoms with van der Waals surface area (Å²) >= 11 is 0. The number of benzene rings is 2. The molecule has 134 valence electrons. The SMILES string of the molecule is O=C(NCCc1ccco1)c1ccc(-c2nnc(-c3ccccc3)o2)cc1. The molecule has 0 radical (unpaired) electrons. The van der Waals surface area contributed by atoms with Crippen molar-refractivity contribution >= 4 is 5.91 Å². The van der Waals surface area contributed by atoms with Crippen LogP contribution in [0.3, 0.4) is 0 Å². The van der Waals surface area contributed by atoms with Crippen LogP contribution in [0.15, 0.2) is 81.8 Å². The number of nitrogens with one attached hydrogen (secondary N) is 1. The van der Waals surface area contributed by atoms with Gasteiger partial charge in [-0.25, -0.2) is 0 Å². The molecule has 2 heterocycles. The zero-order chi connectivity index (χ0) is 18.5. The number of hydrogen-bond acceptors (Lipinski definition) is 5. The summed E-state index contributed by atoms with van der Waals surface area (Å²) in [6.07, 6.45) is 2.28. The van der Waals surface area contributed by atoms with Gasteiger partial charge < -0.3 is 14.2 Å². The van der Waals surface area contributed by atoms with Crippen molar-refractivity contribution in [2.24, 2.45) is 0 Å². The zero-order valence-corrected chi connectivity index (χ0v) is 14.5. The lowest BCUT2D eigenvalue weighted by Gasteiger charge is -2.04. The number of carbonyl (C=O) groups is 1. The molecule has 2 aromatic heterocycles. The van der Waals surface area contributed by atoms with Gasteiger partial charge in [-0.1, -0.05) is 18.2 Å². The van der Waals surface area contributed by atoms with Crippen molar-refractivity contribution in [1.29, 1.82) is 0 Å². The van der Waals surface area contributed by atoms with Gasteiger partial charge in [0.15, 0.2) is 0 Å². The molecule has 0 aliphatic heterocycles. The molecule has 0 fully saturated rings. The van der Waals surface area contributed by atoms with Gasteiger partial charge in [0.1, 0.15) is 5.76 Å². The molecule has 6 nitrogen and oxygen atoms in total. The summed E-state index contributed by atoms with van der Waals surface area (Å²) in [4.78, 5) is 12.2. The molecule has 6 heteroatoms. The smallest absolute Gasteiger partial charge is 0.251 e. The third kappa shape index (κ3) is 3.95. The Labute approximate surface area is 155 Å². The van der Waals surface area contributed by atoms with Crippen molar-refractivity contribution in [2.45, 2.75) is 6.42 Å². The number of hydrogen-bond donors (Lipinski definition) is 1. The van der Waals surface area contributed by atoms with Crippen LogP contribution in [-0.2, 0) is 6.42 Å². The molecule has 2 aromatic carbocycles. The molecule has 0 saturated carbocycles. The van der Waals surface area contributed by atoms with E-state index in [1.54, 1.807) is 30.5 Å². The van der Waals surface area contributed by atoms with Gasteiger partial charge in [0.25, 0.3) is 5.91 Å². The van der Waals surface area contributed by atoms with Crippen molar-refractivity contribution in [1.82, 2.24) is 15.5 Å². The molecule has 1 amide bonds. The normalized spacial score (nSPS) is 10.7. The van der Waals surface area contributed by atoms with E-state index in [0.717, 1.165) is 16.9 Å². The van der Waals surface area contributed by atoms with E-state index in [1.807, 2.05) is 42.5 Å². The van der Waals surface area contributed by atoms with Gasteiger partial charge in [-0.3, -0.25) is 4.79 Å². The molecule has 4 rings (SSSR count). The van der Waals surface area contributed by atoms with Crippen LogP contribution < -0.4 is 5.32 Å². The third-order valence-corrected chi connectivity index (χ3v) is 4.08. The maximum Gasteiger partial charge on any atom is 0.251 e. The highest BCUT2D eigenvalue weighted by molar-refractivity contribution is 5.94. The number of aromatic nitrogens is 2. The second-order valence-electron chi connectivity index (χ2n) is 5.94. The molecule has 4 aromatic rings. The molecule has 0 aliphatic carbocycles. The largest absolute Gasteiger partial charge is 0.469 e. The van der Waals surface area contributed by atoms with E-state index in [4.69, 9.17) is 8.83 Å². The summed E-state index contributed by atoms with van der Waals surface area (Å²) in [5, 5.41) is 11.0. The molecular weight excluding hydrogens is 342 g/mol. The summed E-state index contributed by atoms with van der Waals surface area (Å²) < 4.78 is 11.0. The second-order valence-corrected chi connectivity index (χ2v) is 5.94. The highest BCUT2D eigenvalue weighted by Crippen LogP contribution is 2.23. The Morgan fingerprint density at radius 1 is 0.852 bits per heavy atom. The predicted molar refractivity (Wildman–Crippen MR) is 99.9 cm³/mol. The third-order valence-electron chi connectivity index (χ3n) is 4.08. The van der Waals surface area contributed by atoms with Crippen LogP contribution >= 0.6 is 0 Å². The Kier molecular flexibility index (Phi) is 4.78. The fourth-order valence-corrected chi connectivity index (χ4v) is 2.66. The maximum absolute atomic E-state index is 12.2. The van der Waals surface area contributed by atoms with Crippen molar-refractivity contribution in [3.05, 3.63) is 84.3 Å². The predicted octanol–water partition coefficient (Wildman–Crippen LogP) is 3.97. The quantitative estimate of drug-likeness (QED) is 0.563. The zero-order valence-electron chi connectivity index (χ0n) is 14.5. The van der Waals surface area contributed by atoms with E-state index in [-0.39, 0.29) is 5.91 Å². The topological polar surface area (TPSA) is 81.2 Å². The van der Waals surface area contributed by atoms with Crippen LogP contribution in [0, 0.1) is 0 Å². The first kappa shape index (κ1) is 16.8. The monoisotopic (exact) mass is 359 g/mol. The van der Waals surface area contributed by atoms with Crippen molar-refractivity contribution in [3.8, 4) is 22.9 Å². The average Bonchev–Trinajstić information content (AvgIpc) is 3.41. The number of nitrogens with zero attached hydrogens (tertiary/aromatic N) is 2. The second kappa shape index (κ2) is 7.70. The highest BCUT2D eigenvalue weighted by atomic mass is 16.4. The Bertz CT molecular complexity index is 1010. The van der Waals surface area contributed by atoms with Gasteiger partial charge >= 0.3 is 0 Å². The fourth-order valence-electron chi connectivity index (χ4n) is 2.66. The Hall–Kier alpha value is -3.67. The minimum atomic E-state index is -0.136. The summed E-state index contributed by atoms with van der Waals surface area (Å²) in [6.45, 7) is 0.512. The first-order valence-electron chi connectivity index (χ1n) is 8.59. The first-order valence-corrected chi connectivity index (χ1v) is 8.59. The van der Waals surface area contributed by atoms with Gasteiger partial charge in [-0.05, 0) is 48.5 Å². The molecule has 0 saturated heterocycles. The Morgan fingerprint density at radius 2 is 1.56 bits per heavy atom. The van der Waals surface area contributed by atoms with E-state index < -0.39 is 0 Å². The molecular formula is C21H17N3O3. The summed E-state index contributed by atoms with van der Waals surface area (Å²) in [5.41, 5.74) is 2.20. The minimum absolute atomic E-state index is 0.136. The van der Waals surface area contributed by atoms with E-state index in [9.17, 15) is 4.79 Å². The van der Waals surface area contributed by atoms with E-state index in [2.05, 4.69) is 15.5 Å². The van der Waals surface area contributed by atoms with Gasteiger partial charge in [0.2, 0.25) is 11.8 Å². The molecule has 0 bridgehead atoms. The van der Waals surface area contributed by atoms with Gasteiger partial charge in [0, 0.05) is 29.7 Å². The number of carbonyl (C=O) groups excluding carboxylic acids is 1. The van der Waals surface area contributed by atoms with E-state index in [1.165, 1.54) is 0 Å². The summed E-state index contributed by atoms with van der Waals surface area (Å²) in [6, 6.07) is 20.4.